The van der Waals surface area contributed by atoms with Gasteiger partial charge < -0.3 is 0 Å². The minimum absolute atomic E-state index is 0.163. The van der Waals surface area contributed by atoms with Crippen LogP contribution in [0.15, 0.2) is 16.6 Å². The second-order valence-corrected chi connectivity index (χ2v) is 5.38. The van der Waals surface area contributed by atoms with E-state index in [1.165, 1.54) is 11.6 Å². The third kappa shape index (κ3) is 1.57. The quantitative estimate of drug-likeness (QED) is 0.630. The van der Waals surface area contributed by atoms with Crippen molar-refractivity contribution in [1.29, 1.82) is 0 Å². The van der Waals surface area contributed by atoms with Crippen molar-refractivity contribution < 1.29 is 4.39 Å². The molecular weight excluding hydrogens is 299 g/mol. The molecule has 0 saturated carbocycles. The molecule has 2 atom stereocenters. The lowest BCUT2D eigenvalue weighted by molar-refractivity contribution is 0.615. The van der Waals surface area contributed by atoms with Crippen molar-refractivity contribution in [2.45, 2.75) is 18.2 Å². The lowest BCUT2D eigenvalue weighted by Crippen LogP contribution is -1.94. The summed E-state index contributed by atoms with van der Waals surface area (Å²) in [5.41, 5.74) is 2.34. The summed E-state index contributed by atoms with van der Waals surface area (Å²) in [4.78, 5) is 0.300. The molecule has 0 bridgehead atoms. The van der Waals surface area contributed by atoms with Crippen LogP contribution in [-0.4, -0.2) is 0 Å². The average molecular weight is 308 g/mol. The molecule has 70 valence electrons. The number of benzene rings is 1. The number of alkyl halides is 1. The van der Waals surface area contributed by atoms with Gasteiger partial charge in [-0.1, -0.05) is 38.8 Å². The zero-order valence-corrected chi connectivity index (χ0v) is 10.3. The van der Waals surface area contributed by atoms with Crippen LogP contribution in [0.2, 0.25) is 0 Å². The van der Waals surface area contributed by atoms with Gasteiger partial charge in [0.2, 0.25) is 0 Å². The SMILES string of the molecule is CC1Cc2c(Br)cc(F)cc2C1Br. The van der Waals surface area contributed by atoms with Crippen LogP contribution >= 0.6 is 31.9 Å². The van der Waals surface area contributed by atoms with Crippen LogP contribution in [0.3, 0.4) is 0 Å². The summed E-state index contributed by atoms with van der Waals surface area (Å²) in [5.74, 6) is 0.386. The van der Waals surface area contributed by atoms with Crippen LogP contribution < -0.4 is 0 Å². The maximum atomic E-state index is 13.1. The largest absolute Gasteiger partial charge is 0.207 e. The summed E-state index contributed by atoms with van der Waals surface area (Å²) in [5, 5.41) is 0. The molecule has 2 rings (SSSR count). The Morgan fingerprint density at radius 3 is 2.85 bits per heavy atom. The Bertz CT molecular complexity index is 349. The van der Waals surface area contributed by atoms with E-state index in [1.807, 2.05) is 0 Å². The molecule has 0 amide bonds. The Hall–Kier alpha value is 0.110. The van der Waals surface area contributed by atoms with E-state index in [0.29, 0.717) is 10.7 Å². The van der Waals surface area contributed by atoms with Gasteiger partial charge in [-0.25, -0.2) is 4.39 Å². The molecule has 0 radical (unpaired) electrons. The van der Waals surface area contributed by atoms with Gasteiger partial charge >= 0.3 is 0 Å². The monoisotopic (exact) mass is 306 g/mol. The highest BCUT2D eigenvalue weighted by molar-refractivity contribution is 9.10. The normalized spacial score (nSPS) is 26.2. The molecule has 0 fully saturated rings. The predicted octanol–water partition coefficient (Wildman–Crippen LogP) is 4.22. The fourth-order valence-corrected chi connectivity index (χ4v) is 3.02. The van der Waals surface area contributed by atoms with Crippen molar-refractivity contribution >= 4 is 31.9 Å². The molecule has 0 nitrogen and oxygen atoms in total. The second kappa shape index (κ2) is 3.35. The summed E-state index contributed by atoms with van der Waals surface area (Å²) in [7, 11) is 0. The van der Waals surface area contributed by atoms with Crippen molar-refractivity contribution in [2.24, 2.45) is 5.92 Å². The van der Waals surface area contributed by atoms with E-state index in [1.54, 1.807) is 6.07 Å². The molecule has 13 heavy (non-hydrogen) atoms. The van der Waals surface area contributed by atoms with E-state index in [-0.39, 0.29) is 5.82 Å². The van der Waals surface area contributed by atoms with Gasteiger partial charge in [-0.3, -0.25) is 0 Å². The molecular formula is C10H9Br2F. The Balaban J connectivity index is 2.57. The third-order valence-corrected chi connectivity index (χ3v) is 4.62. The topological polar surface area (TPSA) is 0 Å². The molecule has 0 aromatic heterocycles. The molecule has 1 aromatic carbocycles. The van der Waals surface area contributed by atoms with Gasteiger partial charge in [0.25, 0.3) is 0 Å². The first-order chi connectivity index (χ1) is 6.09. The maximum Gasteiger partial charge on any atom is 0.124 e. The number of hydrogen-bond donors (Lipinski definition) is 0. The first-order valence-electron chi connectivity index (χ1n) is 4.21. The van der Waals surface area contributed by atoms with Gasteiger partial charge in [-0.15, -0.1) is 0 Å². The van der Waals surface area contributed by atoms with E-state index in [0.717, 1.165) is 16.5 Å². The van der Waals surface area contributed by atoms with Gasteiger partial charge in [-0.2, -0.15) is 0 Å². The highest BCUT2D eigenvalue weighted by Crippen LogP contribution is 2.44. The summed E-state index contributed by atoms with van der Waals surface area (Å²) in [6.07, 6.45) is 1.02. The zero-order valence-electron chi connectivity index (χ0n) is 7.15. The Morgan fingerprint density at radius 1 is 1.46 bits per heavy atom. The van der Waals surface area contributed by atoms with Gasteiger partial charge in [0, 0.05) is 9.30 Å². The van der Waals surface area contributed by atoms with Crippen molar-refractivity contribution in [2.75, 3.05) is 0 Å². The van der Waals surface area contributed by atoms with Crippen molar-refractivity contribution in [3.05, 3.63) is 33.5 Å². The molecule has 3 heteroatoms. The van der Waals surface area contributed by atoms with Gasteiger partial charge in [0.15, 0.2) is 0 Å². The van der Waals surface area contributed by atoms with E-state index < -0.39 is 0 Å². The van der Waals surface area contributed by atoms with E-state index in [4.69, 9.17) is 0 Å². The third-order valence-electron chi connectivity index (χ3n) is 2.52. The first kappa shape index (κ1) is 9.66. The highest BCUT2D eigenvalue weighted by atomic mass is 79.9. The van der Waals surface area contributed by atoms with Gasteiger partial charge in [-0.05, 0) is 35.6 Å². The highest BCUT2D eigenvalue weighted by Gasteiger charge is 2.29. The molecule has 1 aliphatic rings. The standard InChI is InChI=1S/C10H9Br2F/c1-5-2-7-8(10(5)12)3-6(13)4-9(7)11/h3-5,10H,2H2,1H3. The molecule has 1 aromatic rings. The van der Waals surface area contributed by atoms with Crippen molar-refractivity contribution in [3.63, 3.8) is 0 Å². The van der Waals surface area contributed by atoms with Crippen LogP contribution in [-0.2, 0) is 6.42 Å². The fourth-order valence-electron chi connectivity index (χ4n) is 1.82. The molecule has 0 heterocycles. The second-order valence-electron chi connectivity index (χ2n) is 3.54. The smallest absolute Gasteiger partial charge is 0.124 e. The van der Waals surface area contributed by atoms with Crippen LogP contribution in [0.5, 0.6) is 0 Å². The van der Waals surface area contributed by atoms with Crippen LogP contribution in [0.4, 0.5) is 4.39 Å². The lowest BCUT2D eigenvalue weighted by atomic mass is 10.1. The number of fused-ring (bicyclic) bond motifs is 1. The van der Waals surface area contributed by atoms with E-state index in [2.05, 4.69) is 38.8 Å². The van der Waals surface area contributed by atoms with Crippen molar-refractivity contribution in [3.8, 4) is 0 Å². The fraction of sp³-hybridized carbons (Fsp3) is 0.400. The number of halogens is 3. The summed E-state index contributed by atoms with van der Waals surface area (Å²) in [6, 6.07) is 3.17. The van der Waals surface area contributed by atoms with Gasteiger partial charge in [0.05, 0.1) is 0 Å². The number of hydrogen-bond acceptors (Lipinski definition) is 0. The minimum atomic E-state index is -0.163. The summed E-state index contributed by atoms with van der Waals surface area (Å²) < 4.78 is 14.0. The molecule has 0 aliphatic heterocycles. The Kier molecular flexibility index (Phi) is 2.49. The lowest BCUT2D eigenvalue weighted by Gasteiger charge is -2.07. The average Bonchev–Trinajstić information content (AvgIpc) is 2.32. The van der Waals surface area contributed by atoms with Crippen LogP contribution in [0.25, 0.3) is 0 Å². The zero-order chi connectivity index (χ0) is 9.59. The summed E-state index contributed by atoms with van der Waals surface area (Å²) >= 11 is 6.98. The first-order valence-corrected chi connectivity index (χ1v) is 5.92. The molecule has 0 spiro atoms. The van der Waals surface area contributed by atoms with Crippen molar-refractivity contribution in [1.82, 2.24) is 0 Å². The molecule has 1 aliphatic carbocycles. The van der Waals surface area contributed by atoms with Gasteiger partial charge in [0.1, 0.15) is 5.82 Å². The Morgan fingerprint density at radius 2 is 2.15 bits per heavy atom. The predicted molar refractivity (Wildman–Crippen MR) is 58.6 cm³/mol. The Labute approximate surface area is 93.8 Å². The van der Waals surface area contributed by atoms with E-state index in [9.17, 15) is 4.39 Å². The van der Waals surface area contributed by atoms with Crippen LogP contribution in [0, 0.1) is 11.7 Å². The molecule has 0 saturated heterocycles. The molecule has 2 unspecified atom stereocenters. The minimum Gasteiger partial charge on any atom is -0.207 e. The maximum absolute atomic E-state index is 13.1. The summed E-state index contributed by atoms with van der Waals surface area (Å²) in [6.45, 7) is 2.17. The van der Waals surface area contributed by atoms with Crippen LogP contribution in [0.1, 0.15) is 22.9 Å². The number of rotatable bonds is 0. The molecule has 0 N–H and O–H groups in total. The van der Waals surface area contributed by atoms with E-state index >= 15 is 0 Å².